The van der Waals surface area contributed by atoms with Crippen LogP contribution >= 0.6 is 15.9 Å². The lowest BCUT2D eigenvalue weighted by atomic mass is 10.1. The van der Waals surface area contributed by atoms with Gasteiger partial charge in [0, 0.05) is 30.3 Å². The van der Waals surface area contributed by atoms with Crippen molar-refractivity contribution in [3.63, 3.8) is 0 Å². The second-order valence-corrected chi connectivity index (χ2v) is 5.88. The van der Waals surface area contributed by atoms with Crippen molar-refractivity contribution in [3.05, 3.63) is 40.5 Å². The molecule has 1 unspecified atom stereocenters. The quantitative estimate of drug-likeness (QED) is 0.863. The number of carbonyl (C=O) groups is 1. The number of rotatable bonds is 3. The summed E-state index contributed by atoms with van der Waals surface area (Å²) in [7, 11) is 3.51. The molecular weight excluding hydrogens is 318 g/mol. The van der Waals surface area contributed by atoms with Gasteiger partial charge in [-0.1, -0.05) is 34.1 Å². The minimum absolute atomic E-state index is 0.0335. The maximum Gasteiger partial charge on any atom is 0.246 e. The molecule has 0 aliphatic heterocycles. The van der Waals surface area contributed by atoms with E-state index in [9.17, 15) is 4.79 Å². The van der Waals surface area contributed by atoms with E-state index in [2.05, 4.69) is 21.0 Å². The van der Waals surface area contributed by atoms with Crippen LogP contribution in [0.15, 0.2) is 34.9 Å². The monoisotopic (exact) mass is 335 g/mol. The third kappa shape index (κ3) is 2.77. The van der Waals surface area contributed by atoms with Gasteiger partial charge in [0.05, 0.1) is 5.69 Å². The summed E-state index contributed by atoms with van der Waals surface area (Å²) in [5.74, 6) is 0.0335. The van der Waals surface area contributed by atoms with Crippen molar-refractivity contribution in [1.82, 2.24) is 14.7 Å². The average Bonchev–Trinajstić information content (AvgIpc) is 2.79. The minimum atomic E-state index is -0.306. The molecule has 0 aliphatic rings. The average molecular weight is 336 g/mol. The first kappa shape index (κ1) is 14.8. The Labute approximate surface area is 127 Å². The molecule has 1 atom stereocenters. The van der Waals surface area contributed by atoms with E-state index in [1.54, 1.807) is 23.7 Å². The van der Waals surface area contributed by atoms with E-state index in [0.29, 0.717) is 0 Å². The highest BCUT2D eigenvalue weighted by Gasteiger charge is 2.20. The molecule has 1 aromatic heterocycles. The molecule has 0 bridgehead atoms. The highest BCUT2D eigenvalue weighted by atomic mass is 79.9. The number of halogens is 1. The number of carbonyl (C=O) groups excluding carboxylic acids is 1. The van der Waals surface area contributed by atoms with Crippen LogP contribution in [0, 0.1) is 6.92 Å². The molecule has 1 amide bonds. The topological polar surface area (TPSA) is 38.1 Å². The summed E-state index contributed by atoms with van der Waals surface area (Å²) >= 11 is 3.54. The zero-order valence-corrected chi connectivity index (χ0v) is 13.7. The predicted octanol–water partition coefficient (Wildman–Crippen LogP) is 3.27. The Morgan fingerprint density at radius 2 is 2.00 bits per heavy atom. The molecule has 106 valence electrons. The number of likely N-dealkylation sites (N-methyl/N-ethyl adjacent to an activating group) is 1. The number of nitrogens with zero attached hydrogens (tertiary/aromatic N) is 3. The number of hydrogen-bond donors (Lipinski definition) is 0. The Kier molecular flexibility index (Phi) is 4.28. The molecule has 5 heteroatoms. The number of aromatic nitrogens is 2. The Morgan fingerprint density at radius 1 is 1.35 bits per heavy atom. The Bertz CT molecular complexity index is 634. The van der Waals surface area contributed by atoms with Crippen LogP contribution in [-0.4, -0.2) is 34.7 Å². The molecular formula is C15H18BrN3O. The van der Waals surface area contributed by atoms with Gasteiger partial charge >= 0.3 is 0 Å². The van der Waals surface area contributed by atoms with Crippen molar-refractivity contribution in [2.45, 2.75) is 19.9 Å². The Hall–Kier alpha value is -1.62. The van der Waals surface area contributed by atoms with Gasteiger partial charge in [-0.25, -0.2) is 0 Å². The molecule has 1 heterocycles. The molecule has 0 aliphatic carbocycles. The SMILES string of the molecule is Cc1cn(C(C)C(=O)N(C)C)nc1-c1ccccc1Br. The maximum absolute atomic E-state index is 12.0. The lowest BCUT2D eigenvalue weighted by Crippen LogP contribution is -2.30. The summed E-state index contributed by atoms with van der Waals surface area (Å²) in [6, 6.07) is 7.65. The minimum Gasteiger partial charge on any atom is -0.347 e. The summed E-state index contributed by atoms with van der Waals surface area (Å²) in [4.78, 5) is 13.6. The molecule has 0 spiro atoms. The van der Waals surface area contributed by atoms with Crippen molar-refractivity contribution in [1.29, 1.82) is 0 Å². The fourth-order valence-electron chi connectivity index (χ4n) is 2.09. The van der Waals surface area contributed by atoms with Crippen LogP contribution in [0.25, 0.3) is 11.3 Å². The first-order valence-corrected chi connectivity index (χ1v) is 7.23. The van der Waals surface area contributed by atoms with E-state index < -0.39 is 0 Å². The molecule has 0 saturated heterocycles. The van der Waals surface area contributed by atoms with Crippen LogP contribution in [0.1, 0.15) is 18.5 Å². The van der Waals surface area contributed by atoms with Gasteiger partial charge in [0.2, 0.25) is 5.91 Å². The Balaban J connectivity index is 2.40. The summed E-state index contributed by atoms with van der Waals surface area (Å²) in [5.41, 5.74) is 2.99. The fraction of sp³-hybridized carbons (Fsp3) is 0.333. The van der Waals surface area contributed by atoms with E-state index in [0.717, 1.165) is 21.3 Å². The highest BCUT2D eigenvalue weighted by Crippen LogP contribution is 2.29. The van der Waals surface area contributed by atoms with E-state index in [4.69, 9.17) is 0 Å². The van der Waals surface area contributed by atoms with Crippen LogP contribution in [0.2, 0.25) is 0 Å². The maximum atomic E-state index is 12.0. The molecule has 0 radical (unpaired) electrons. The van der Waals surface area contributed by atoms with Crippen LogP contribution in [0.5, 0.6) is 0 Å². The number of amides is 1. The van der Waals surface area contributed by atoms with Crippen molar-refractivity contribution >= 4 is 21.8 Å². The Morgan fingerprint density at radius 3 is 2.60 bits per heavy atom. The van der Waals surface area contributed by atoms with Crippen molar-refractivity contribution in [2.75, 3.05) is 14.1 Å². The van der Waals surface area contributed by atoms with Crippen molar-refractivity contribution in [2.24, 2.45) is 0 Å². The molecule has 2 rings (SSSR count). The second-order valence-electron chi connectivity index (χ2n) is 5.03. The second kappa shape index (κ2) is 5.79. The smallest absolute Gasteiger partial charge is 0.246 e. The van der Waals surface area contributed by atoms with Crippen LogP contribution < -0.4 is 0 Å². The zero-order chi connectivity index (χ0) is 14.9. The molecule has 0 N–H and O–H groups in total. The zero-order valence-electron chi connectivity index (χ0n) is 12.1. The van der Waals surface area contributed by atoms with Gasteiger partial charge in [0.25, 0.3) is 0 Å². The van der Waals surface area contributed by atoms with Crippen LogP contribution in [0.3, 0.4) is 0 Å². The van der Waals surface area contributed by atoms with E-state index in [-0.39, 0.29) is 11.9 Å². The van der Waals surface area contributed by atoms with E-state index in [1.807, 2.05) is 44.3 Å². The van der Waals surface area contributed by atoms with E-state index >= 15 is 0 Å². The van der Waals surface area contributed by atoms with Gasteiger partial charge in [-0.15, -0.1) is 0 Å². The summed E-state index contributed by atoms with van der Waals surface area (Å²) < 4.78 is 2.73. The predicted molar refractivity (Wildman–Crippen MR) is 83.5 cm³/mol. The van der Waals surface area contributed by atoms with Crippen molar-refractivity contribution < 1.29 is 4.79 Å². The van der Waals surface area contributed by atoms with Crippen LogP contribution in [0.4, 0.5) is 0 Å². The summed E-state index contributed by atoms with van der Waals surface area (Å²) in [5, 5.41) is 4.58. The summed E-state index contributed by atoms with van der Waals surface area (Å²) in [6.07, 6.45) is 1.92. The molecule has 4 nitrogen and oxygen atoms in total. The normalized spacial score (nSPS) is 12.2. The van der Waals surface area contributed by atoms with Gasteiger partial charge in [-0.2, -0.15) is 5.10 Å². The van der Waals surface area contributed by atoms with Gasteiger partial charge in [0.1, 0.15) is 6.04 Å². The number of hydrogen-bond acceptors (Lipinski definition) is 2. The largest absolute Gasteiger partial charge is 0.347 e. The molecule has 1 aromatic carbocycles. The fourth-order valence-corrected chi connectivity index (χ4v) is 2.56. The molecule has 0 saturated carbocycles. The third-order valence-corrected chi connectivity index (χ3v) is 3.93. The molecule has 2 aromatic rings. The van der Waals surface area contributed by atoms with Crippen LogP contribution in [-0.2, 0) is 4.79 Å². The number of benzene rings is 1. The third-order valence-electron chi connectivity index (χ3n) is 3.24. The standard InChI is InChI=1S/C15H18BrN3O/c1-10-9-19(11(2)15(20)18(3)4)17-14(10)12-7-5-6-8-13(12)16/h5-9,11H,1-4H3. The number of aryl methyl sites for hydroxylation is 1. The van der Waals surface area contributed by atoms with Crippen molar-refractivity contribution in [3.8, 4) is 11.3 Å². The van der Waals surface area contributed by atoms with Gasteiger partial charge in [-0.05, 0) is 25.5 Å². The molecule has 0 fully saturated rings. The summed E-state index contributed by atoms with van der Waals surface area (Å²) in [6.45, 7) is 3.86. The van der Waals surface area contributed by atoms with E-state index in [1.165, 1.54) is 0 Å². The molecule has 20 heavy (non-hydrogen) atoms. The first-order valence-electron chi connectivity index (χ1n) is 6.43. The van der Waals surface area contributed by atoms with Gasteiger partial charge < -0.3 is 4.90 Å². The van der Waals surface area contributed by atoms with Gasteiger partial charge in [0.15, 0.2) is 0 Å². The first-order chi connectivity index (χ1) is 9.41. The van der Waals surface area contributed by atoms with Gasteiger partial charge in [-0.3, -0.25) is 9.48 Å². The lowest BCUT2D eigenvalue weighted by molar-refractivity contribution is -0.131. The highest BCUT2D eigenvalue weighted by molar-refractivity contribution is 9.10. The lowest BCUT2D eigenvalue weighted by Gasteiger charge is -2.16.